The summed E-state index contributed by atoms with van der Waals surface area (Å²) in [5.41, 5.74) is 5.40. The summed E-state index contributed by atoms with van der Waals surface area (Å²) in [6.07, 6.45) is -0.552. The van der Waals surface area contributed by atoms with Crippen LogP contribution in [0.4, 0.5) is 0 Å². The first-order valence-electron chi connectivity index (χ1n) is 3.78. The van der Waals surface area contributed by atoms with Crippen molar-refractivity contribution in [2.24, 2.45) is 5.73 Å². The summed E-state index contributed by atoms with van der Waals surface area (Å²) >= 11 is 0. The molecule has 2 atom stereocenters. The highest BCUT2D eigenvalue weighted by Gasteiger charge is 2.12. The van der Waals surface area contributed by atoms with Crippen molar-refractivity contribution in [3.8, 4) is 0 Å². The summed E-state index contributed by atoms with van der Waals surface area (Å²) in [7, 11) is 1.47. The molecule has 5 heteroatoms. The lowest BCUT2D eigenvalue weighted by atomic mass is 10.3. The zero-order valence-corrected chi connectivity index (χ0v) is 7.41. The van der Waals surface area contributed by atoms with E-state index in [0.717, 1.165) is 0 Å². The van der Waals surface area contributed by atoms with Gasteiger partial charge in [0.05, 0.1) is 12.7 Å². The number of rotatable bonds is 5. The van der Waals surface area contributed by atoms with Gasteiger partial charge in [0.15, 0.2) is 0 Å². The largest absolute Gasteiger partial charge is 0.392 e. The smallest absolute Gasteiger partial charge is 0.239 e. The van der Waals surface area contributed by atoms with Gasteiger partial charge in [-0.05, 0) is 6.92 Å². The van der Waals surface area contributed by atoms with Crippen molar-refractivity contribution in [3.63, 3.8) is 0 Å². The van der Waals surface area contributed by atoms with Crippen molar-refractivity contribution < 1.29 is 14.6 Å². The van der Waals surface area contributed by atoms with Gasteiger partial charge < -0.3 is 20.9 Å². The summed E-state index contributed by atoms with van der Waals surface area (Å²) in [6.45, 7) is 1.99. The maximum Gasteiger partial charge on any atom is 0.239 e. The number of aliphatic hydroxyl groups excluding tert-OH is 1. The van der Waals surface area contributed by atoms with E-state index < -0.39 is 12.1 Å². The van der Waals surface area contributed by atoms with Crippen LogP contribution in [0.25, 0.3) is 0 Å². The van der Waals surface area contributed by atoms with Crippen LogP contribution in [-0.2, 0) is 9.53 Å². The molecule has 0 aromatic rings. The van der Waals surface area contributed by atoms with Crippen LogP contribution in [0.5, 0.6) is 0 Å². The van der Waals surface area contributed by atoms with Crippen LogP contribution in [0, 0.1) is 0 Å². The van der Waals surface area contributed by atoms with E-state index in [4.69, 9.17) is 10.8 Å². The maximum absolute atomic E-state index is 11.0. The Morgan fingerprint density at radius 3 is 2.75 bits per heavy atom. The molecule has 0 bridgehead atoms. The number of carbonyl (C=O) groups is 1. The number of methoxy groups -OCH3 is 1. The Morgan fingerprint density at radius 2 is 2.33 bits per heavy atom. The molecular weight excluding hydrogens is 160 g/mol. The molecule has 0 aromatic heterocycles. The van der Waals surface area contributed by atoms with Gasteiger partial charge in [0, 0.05) is 13.7 Å². The van der Waals surface area contributed by atoms with E-state index in [0.29, 0.717) is 0 Å². The lowest BCUT2D eigenvalue weighted by Crippen LogP contribution is -2.45. The summed E-state index contributed by atoms with van der Waals surface area (Å²) in [6, 6.07) is -0.659. The van der Waals surface area contributed by atoms with Gasteiger partial charge in [0.2, 0.25) is 5.91 Å². The summed E-state index contributed by atoms with van der Waals surface area (Å²) in [5.74, 6) is -0.308. The molecule has 0 saturated carbocycles. The van der Waals surface area contributed by atoms with Gasteiger partial charge >= 0.3 is 0 Å². The van der Waals surface area contributed by atoms with E-state index in [9.17, 15) is 4.79 Å². The highest BCUT2D eigenvalue weighted by atomic mass is 16.5. The lowest BCUT2D eigenvalue weighted by molar-refractivity contribution is -0.123. The number of nitrogens with two attached hydrogens (primary N) is 1. The third-order valence-electron chi connectivity index (χ3n) is 1.25. The van der Waals surface area contributed by atoms with E-state index in [1.807, 2.05) is 0 Å². The summed E-state index contributed by atoms with van der Waals surface area (Å²) in [5, 5.41) is 11.3. The molecule has 0 radical (unpaired) electrons. The van der Waals surface area contributed by atoms with Crippen LogP contribution >= 0.6 is 0 Å². The average Bonchev–Trinajstić information content (AvgIpc) is 2.00. The summed E-state index contributed by atoms with van der Waals surface area (Å²) in [4.78, 5) is 11.0. The van der Waals surface area contributed by atoms with Gasteiger partial charge in [0.1, 0.15) is 6.04 Å². The Kier molecular flexibility index (Phi) is 5.61. The molecule has 12 heavy (non-hydrogen) atoms. The molecular formula is C7H16N2O3. The van der Waals surface area contributed by atoms with E-state index in [1.54, 1.807) is 6.92 Å². The molecule has 0 rings (SSSR count). The Bertz CT molecular complexity index is 139. The number of nitrogens with one attached hydrogen (secondary N) is 1. The zero-order valence-electron chi connectivity index (χ0n) is 7.41. The van der Waals surface area contributed by atoms with Gasteiger partial charge in [-0.25, -0.2) is 0 Å². The monoisotopic (exact) mass is 176 g/mol. The lowest BCUT2D eigenvalue weighted by Gasteiger charge is -2.11. The average molecular weight is 176 g/mol. The van der Waals surface area contributed by atoms with E-state index >= 15 is 0 Å². The van der Waals surface area contributed by atoms with Crippen LogP contribution in [0.1, 0.15) is 6.92 Å². The Hall–Kier alpha value is -0.650. The number of amides is 1. The van der Waals surface area contributed by atoms with Crippen molar-refractivity contribution in [1.82, 2.24) is 5.32 Å². The molecule has 1 unspecified atom stereocenters. The van der Waals surface area contributed by atoms with Crippen molar-refractivity contribution in [2.75, 3.05) is 20.3 Å². The molecule has 0 aliphatic rings. The first kappa shape index (κ1) is 11.4. The minimum atomic E-state index is -0.659. The molecule has 0 aliphatic heterocycles. The van der Waals surface area contributed by atoms with Crippen LogP contribution in [-0.4, -0.2) is 43.4 Å². The number of carbonyl (C=O) groups excluding carboxylic acids is 1. The summed E-state index contributed by atoms with van der Waals surface area (Å²) < 4.78 is 4.68. The van der Waals surface area contributed by atoms with Gasteiger partial charge in [0.25, 0.3) is 0 Å². The van der Waals surface area contributed by atoms with Crippen molar-refractivity contribution >= 4 is 5.91 Å². The Morgan fingerprint density at radius 1 is 1.75 bits per heavy atom. The molecule has 1 amide bonds. The SMILES string of the molecule is COCC(N)C(=O)NC[C@@H](C)O. The molecule has 0 aliphatic carbocycles. The minimum Gasteiger partial charge on any atom is -0.392 e. The van der Waals surface area contributed by atoms with Crippen LogP contribution in [0.2, 0.25) is 0 Å². The van der Waals surface area contributed by atoms with Gasteiger partial charge in [-0.2, -0.15) is 0 Å². The normalized spacial score (nSPS) is 15.3. The molecule has 72 valence electrons. The Labute approximate surface area is 71.9 Å². The number of hydrogen-bond acceptors (Lipinski definition) is 4. The second-order valence-corrected chi connectivity index (χ2v) is 2.66. The number of ether oxygens (including phenoxy) is 1. The number of aliphatic hydroxyl groups is 1. The Balaban J connectivity index is 3.57. The van der Waals surface area contributed by atoms with Gasteiger partial charge in [-0.15, -0.1) is 0 Å². The third-order valence-corrected chi connectivity index (χ3v) is 1.25. The predicted molar refractivity (Wildman–Crippen MR) is 44.5 cm³/mol. The highest BCUT2D eigenvalue weighted by Crippen LogP contribution is 1.81. The van der Waals surface area contributed by atoms with Crippen molar-refractivity contribution in [2.45, 2.75) is 19.1 Å². The second kappa shape index (κ2) is 5.93. The van der Waals surface area contributed by atoms with E-state index in [-0.39, 0.29) is 19.1 Å². The number of hydrogen-bond donors (Lipinski definition) is 3. The fourth-order valence-corrected chi connectivity index (χ4v) is 0.635. The first-order valence-corrected chi connectivity index (χ1v) is 3.78. The first-order chi connectivity index (χ1) is 5.57. The third kappa shape index (κ3) is 5.06. The van der Waals surface area contributed by atoms with E-state index in [2.05, 4.69) is 10.1 Å². The molecule has 0 aromatic carbocycles. The highest BCUT2D eigenvalue weighted by molar-refractivity contribution is 5.81. The minimum absolute atomic E-state index is 0.186. The van der Waals surface area contributed by atoms with Crippen LogP contribution in [0.3, 0.4) is 0 Å². The molecule has 0 saturated heterocycles. The van der Waals surface area contributed by atoms with Crippen LogP contribution in [0.15, 0.2) is 0 Å². The van der Waals surface area contributed by atoms with Gasteiger partial charge in [-0.1, -0.05) is 0 Å². The van der Waals surface area contributed by atoms with Crippen molar-refractivity contribution in [3.05, 3.63) is 0 Å². The van der Waals surface area contributed by atoms with Gasteiger partial charge in [-0.3, -0.25) is 4.79 Å². The standard InChI is InChI=1S/C7H16N2O3/c1-5(10)3-9-7(11)6(8)4-12-2/h5-6,10H,3-4,8H2,1-2H3,(H,9,11)/t5-,6?/m1/s1. The molecule has 5 nitrogen and oxygen atoms in total. The quantitative estimate of drug-likeness (QED) is 0.474. The molecule has 0 heterocycles. The van der Waals surface area contributed by atoms with Crippen LogP contribution < -0.4 is 11.1 Å². The molecule has 0 fully saturated rings. The predicted octanol–water partition coefficient (Wildman–Crippen LogP) is -1.54. The van der Waals surface area contributed by atoms with Crippen molar-refractivity contribution in [1.29, 1.82) is 0 Å². The molecule has 0 spiro atoms. The molecule has 4 N–H and O–H groups in total. The zero-order chi connectivity index (χ0) is 9.56. The topological polar surface area (TPSA) is 84.6 Å². The fraction of sp³-hybridized carbons (Fsp3) is 0.857. The maximum atomic E-state index is 11.0. The second-order valence-electron chi connectivity index (χ2n) is 2.66. The fourth-order valence-electron chi connectivity index (χ4n) is 0.635. The van der Waals surface area contributed by atoms with E-state index in [1.165, 1.54) is 7.11 Å².